The highest BCUT2D eigenvalue weighted by molar-refractivity contribution is 8.06. The monoisotopic (exact) mass is 1100 g/mol. The maximum atomic E-state index is 14.4. The normalized spacial score (nSPS) is 24.9. The fourth-order valence-corrected chi connectivity index (χ4v) is 17.2. The number of nitrogens with zero attached hydrogens (tertiary/aromatic N) is 3. The first kappa shape index (κ1) is 57.6. The number of benzene rings is 2. The highest BCUT2D eigenvalue weighted by Gasteiger charge is 2.56. The molecular formula is C51H73N6O13PSSi2. The fourth-order valence-electron chi connectivity index (χ4n) is 9.61. The molecule has 4 aliphatic rings. The van der Waals surface area contributed by atoms with Crippen LogP contribution in [0.25, 0.3) is 0 Å². The van der Waals surface area contributed by atoms with Gasteiger partial charge in [-0.1, -0.05) is 114 Å². The van der Waals surface area contributed by atoms with E-state index < -0.39 is 100 Å². The Morgan fingerprint density at radius 1 is 0.865 bits per heavy atom. The summed E-state index contributed by atoms with van der Waals surface area (Å²) < 4.78 is 40.0. The molecule has 0 aliphatic carbocycles. The molecule has 2 aromatic carbocycles. The van der Waals surface area contributed by atoms with Gasteiger partial charge < -0.3 is 42.5 Å². The van der Waals surface area contributed by atoms with Crippen LogP contribution in [-0.2, 0) is 39.2 Å². The zero-order valence-electron chi connectivity index (χ0n) is 44.0. The van der Waals surface area contributed by atoms with E-state index in [9.17, 15) is 34.3 Å². The van der Waals surface area contributed by atoms with Crippen molar-refractivity contribution in [3.8, 4) is 0 Å². The summed E-state index contributed by atoms with van der Waals surface area (Å²) in [6.45, 7) is 16.2. The highest BCUT2D eigenvalue weighted by atomic mass is 32.5. The number of ether oxygens (including phenoxy) is 2. The molecule has 19 nitrogen and oxygen atoms in total. The zero-order chi connectivity index (χ0) is 54.0. The van der Waals surface area contributed by atoms with Crippen LogP contribution in [-0.4, -0.2) is 101 Å². The summed E-state index contributed by atoms with van der Waals surface area (Å²) in [5.41, 5.74) is 2.47. The molecule has 2 unspecified atom stereocenters. The number of H-pyrrole nitrogens is 2. The van der Waals surface area contributed by atoms with E-state index in [0.29, 0.717) is 0 Å². The molecule has 3 saturated heterocycles. The quantitative estimate of drug-likeness (QED) is 0.0511. The second kappa shape index (κ2) is 22.9. The number of aryl methyl sites for hydroxylation is 2. The summed E-state index contributed by atoms with van der Waals surface area (Å²) in [5.74, 6) is -2.58. The van der Waals surface area contributed by atoms with Gasteiger partial charge >= 0.3 is 11.4 Å². The Bertz CT molecular complexity index is 2870. The molecule has 23 heteroatoms. The van der Waals surface area contributed by atoms with E-state index in [2.05, 4.69) is 47.2 Å². The Labute approximate surface area is 439 Å². The minimum atomic E-state index is -4.97. The van der Waals surface area contributed by atoms with Crippen LogP contribution in [0.15, 0.2) is 97.9 Å². The summed E-state index contributed by atoms with van der Waals surface area (Å²) in [6.07, 6.45) is 3.61. The summed E-state index contributed by atoms with van der Waals surface area (Å²) in [4.78, 5) is 69.5. The number of aromatic amines is 2. The molecule has 0 bridgehead atoms. The van der Waals surface area contributed by atoms with Crippen molar-refractivity contribution in [2.45, 2.75) is 166 Å². The predicted octanol–water partition coefficient (Wildman–Crippen LogP) is 4.33. The molecule has 0 amide bonds. The van der Waals surface area contributed by atoms with Gasteiger partial charge in [-0.05, 0) is 60.2 Å². The maximum absolute atomic E-state index is 14.4. The first-order chi connectivity index (χ1) is 34.6. The first-order valence-electron chi connectivity index (χ1n) is 25.2. The van der Waals surface area contributed by atoms with Crippen molar-refractivity contribution in [2.75, 3.05) is 19.7 Å². The second-order valence-electron chi connectivity index (χ2n) is 22.0. The van der Waals surface area contributed by atoms with Gasteiger partial charge in [-0.3, -0.25) is 33.7 Å². The van der Waals surface area contributed by atoms with Crippen LogP contribution in [0.3, 0.4) is 0 Å². The SMILES string of the molecule is Cc1cn([C@H]2C[C@H](O[Si](C)(C)C(C)(C)C)[C@@H](C(O)OP([O-])(=S)O[C@@]3(O)C[C@H](n4cc(C)c(=O)[nH]c4=O)O[C@@H]3CO[Si](c3ccccc3)(c3ccccc3)C(C)(C)C)O2)c(=O)[nH]c1=O.[C+]1=C2CCCCNN2CCC1. The van der Waals surface area contributed by atoms with E-state index in [4.69, 9.17) is 39.2 Å². The van der Waals surface area contributed by atoms with E-state index in [1.165, 1.54) is 68.7 Å². The number of aliphatic hydroxyl groups excluding tert-OH is 1. The minimum Gasteiger partial charge on any atom is -0.780 e. The number of allylic oxidation sites excluding steroid dienone is 2. The molecule has 2 aromatic heterocycles. The molecule has 0 spiro atoms. The first-order valence-corrected chi connectivity index (χ1v) is 32.6. The van der Waals surface area contributed by atoms with Gasteiger partial charge in [-0.15, -0.1) is 0 Å². The lowest BCUT2D eigenvalue weighted by molar-refractivity contribution is -0.273. The molecule has 5 N–H and O–H groups in total. The minimum absolute atomic E-state index is 0.0278. The predicted molar refractivity (Wildman–Crippen MR) is 287 cm³/mol. The van der Waals surface area contributed by atoms with E-state index in [1.54, 1.807) is 0 Å². The number of nitrogens with one attached hydrogen (secondary N) is 3. The van der Waals surface area contributed by atoms with Crippen LogP contribution in [0, 0.1) is 19.9 Å². The topological polar surface area (TPSA) is 244 Å². The van der Waals surface area contributed by atoms with E-state index in [1.807, 2.05) is 94.5 Å². The third-order valence-electron chi connectivity index (χ3n) is 14.6. The largest absolute Gasteiger partial charge is 0.780 e. The molecule has 6 heterocycles. The van der Waals surface area contributed by atoms with Gasteiger partial charge in [0.2, 0.25) is 11.9 Å². The Balaban J connectivity index is 0.000000637. The lowest BCUT2D eigenvalue weighted by atomic mass is 10.1. The average molecular weight is 1100 g/mol. The Morgan fingerprint density at radius 2 is 1.43 bits per heavy atom. The van der Waals surface area contributed by atoms with Gasteiger partial charge in [0.1, 0.15) is 31.4 Å². The van der Waals surface area contributed by atoms with Crippen molar-refractivity contribution in [3.63, 3.8) is 0 Å². The third kappa shape index (κ3) is 12.8. The van der Waals surface area contributed by atoms with Crippen molar-refractivity contribution in [1.29, 1.82) is 0 Å². The zero-order valence-corrected chi connectivity index (χ0v) is 47.8. The van der Waals surface area contributed by atoms with E-state index >= 15 is 0 Å². The number of hydrazine groups is 1. The maximum Gasteiger partial charge on any atom is 0.330 e. The van der Waals surface area contributed by atoms with Gasteiger partial charge in [0.15, 0.2) is 21.0 Å². The molecule has 0 saturated carbocycles. The lowest BCUT2D eigenvalue weighted by Crippen LogP contribution is -2.67. The highest BCUT2D eigenvalue weighted by Crippen LogP contribution is 2.52. The van der Waals surface area contributed by atoms with E-state index in [0.717, 1.165) is 27.9 Å². The van der Waals surface area contributed by atoms with Gasteiger partial charge in [0.25, 0.3) is 25.1 Å². The number of rotatable bonds is 14. The fraction of sp³-hybridized carbons (Fsp3) is 0.569. The van der Waals surface area contributed by atoms with Crippen molar-refractivity contribution < 1.29 is 42.5 Å². The molecule has 0 radical (unpaired) electrons. The number of fused-ring (bicyclic) bond motifs is 1. The van der Waals surface area contributed by atoms with Crippen LogP contribution in [0.2, 0.25) is 23.2 Å². The summed E-state index contributed by atoms with van der Waals surface area (Å²) in [7, 11) is -5.90. The van der Waals surface area contributed by atoms with Gasteiger partial charge in [0, 0.05) is 55.9 Å². The van der Waals surface area contributed by atoms with Crippen LogP contribution in [0.1, 0.15) is 110 Å². The standard InChI is InChI=1S/C42H59N4O13PSSi2.C9H15N2/c1-26-23-45(38(50)43-35(26)47)32-21-30(58-62(9,10)40(3,4)5)34(56-32)37(49)57-60(53,61)59-42(52)22-33(46-24-27(2)36(48)44-39(46)51)55-31(42)25-54-63(41(6,7)8,28-17-13-11-14-18-28)29-19-15-12-16-20-29;1-3-7-10-11-8-4-2-6-9(11)5-1/h11-20,23-24,30-34,37,49,52H,21-22,25H2,1-10H3,(H,53,61)(H,43,47,50)(H,44,48,51);10H,1-5,7-8H2/q;+1/p-1/t30-,31+,32+,33+,34-,37?,42-,60?;/m0./s1. The molecule has 3 fully saturated rings. The summed E-state index contributed by atoms with van der Waals surface area (Å²) in [5, 5.41) is 27.5. The van der Waals surface area contributed by atoms with Crippen LogP contribution < -0.4 is 43.2 Å². The molecule has 74 heavy (non-hydrogen) atoms. The van der Waals surface area contributed by atoms with Crippen LogP contribution >= 0.6 is 6.72 Å². The molecule has 404 valence electrons. The number of hydrogen-bond donors (Lipinski definition) is 5. The summed E-state index contributed by atoms with van der Waals surface area (Å²) >= 11 is 5.39. The van der Waals surface area contributed by atoms with E-state index in [-0.39, 0.29) is 29.2 Å². The number of aliphatic hydroxyl groups is 2. The van der Waals surface area contributed by atoms with Crippen LogP contribution in [0.5, 0.6) is 0 Å². The molecule has 8 atom stereocenters. The van der Waals surface area contributed by atoms with Gasteiger partial charge in [-0.2, -0.15) is 0 Å². The molecule has 4 aliphatic heterocycles. The molecular weight excluding hydrogens is 1020 g/mol. The Hall–Kier alpha value is -4.07. The van der Waals surface area contributed by atoms with Crippen molar-refractivity contribution in [3.05, 3.63) is 138 Å². The van der Waals surface area contributed by atoms with Gasteiger partial charge in [0.05, 0.1) is 19.1 Å². The van der Waals surface area contributed by atoms with Crippen molar-refractivity contribution in [1.82, 2.24) is 29.5 Å². The molecule has 4 aromatic rings. The summed E-state index contributed by atoms with van der Waals surface area (Å²) in [6, 6.07) is 19.4. The Kier molecular flexibility index (Phi) is 17.8. The van der Waals surface area contributed by atoms with Gasteiger partial charge in [-0.25, -0.2) is 15.0 Å². The van der Waals surface area contributed by atoms with Crippen molar-refractivity contribution >= 4 is 45.5 Å². The number of hydrogen-bond acceptors (Lipinski definition) is 16. The Morgan fingerprint density at radius 3 is 1.99 bits per heavy atom. The van der Waals surface area contributed by atoms with Crippen LogP contribution in [0.4, 0.5) is 0 Å². The smallest absolute Gasteiger partial charge is 0.330 e. The van der Waals surface area contributed by atoms with Crippen molar-refractivity contribution in [2.24, 2.45) is 0 Å². The third-order valence-corrected chi connectivity index (χ3v) is 25.6. The lowest BCUT2D eigenvalue weighted by Gasteiger charge is -2.44. The number of aromatic nitrogens is 4. The molecule has 8 rings (SSSR count). The second-order valence-corrected chi connectivity index (χ2v) is 33.7. The average Bonchev–Trinajstić information content (AvgIpc) is 3.77.